The molecule has 0 bridgehead atoms. The lowest BCUT2D eigenvalue weighted by Gasteiger charge is -2.32. The monoisotopic (exact) mass is 264 g/mol. The van der Waals surface area contributed by atoms with Crippen LogP contribution < -0.4 is 0 Å². The Labute approximate surface area is 115 Å². The molecule has 4 heteroatoms. The molecule has 1 aliphatic heterocycles. The summed E-state index contributed by atoms with van der Waals surface area (Å²) in [5.41, 5.74) is 1.22. The number of hydrogen-bond donors (Lipinski definition) is 0. The Bertz CT molecular complexity index is 428. The Balaban J connectivity index is 2.26. The summed E-state index contributed by atoms with van der Waals surface area (Å²) in [5, 5.41) is 0. The van der Waals surface area contributed by atoms with E-state index in [1.54, 1.807) is 7.11 Å². The zero-order valence-electron chi connectivity index (χ0n) is 12.1. The lowest BCUT2D eigenvalue weighted by Crippen LogP contribution is -2.41. The Morgan fingerprint density at radius 3 is 2.84 bits per heavy atom. The third-order valence-electron chi connectivity index (χ3n) is 4.06. The van der Waals surface area contributed by atoms with Crippen molar-refractivity contribution in [2.24, 2.45) is 7.05 Å². The number of rotatable bonds is 3. The van der Waals surface area contributed by atoms with Crippen molar-refractivity contribution in [1.29, 1.82) is 0 Å². The number of carbonyl (C=O) groups excluding carboxylic acids is 1. The van der Waals surface area contributed by atoms with E-state index in [-0.39, 0.29) is 18.1 Å². The van der Waals surface area contributed by atoms with Gasteiger partial charge in [0.2, 0.25) is 0 Å². The number of carbonyl (C=O) groups is 1. The second-order valence-electron chi connectivity index (χ2n) is 5.32. The quantitative estimate of drug-likeness (QED) is 0.840. The first-order valence-corrected chi connectivity index (χ1v) is 7.09. The van der Waals surface area contributed by atoms with Crippen LogP contribution in [0.3, 0.4) is 0 Å². The largest absolute Gasteiger partial charge is 0.372 e. The van der Waals surface area contributed by atoms with Crippen LogP contribution in [0.1, 0.15) is 44.3 Å². The molecule has 19 heavy (non-hydrogen) atoms. The highest BCUT2D eigenvalue weighted by Crippen LogP contribution is 2.30. The molecule has 1 aromatic heterocycles. The fourth-order valence-electron chi connectivity index (χ4n) is 2.83. The molecule has 0 aliphatic carbocycles. The summed E-state index contributed by atoms with van der Waals surface area (Å²) in [6.45, 7) is 2.66. The molecule has 0 unspecified atom stereocenters. The molecule has 106 valence electrons. The van der Waals surface area contributed by atoms with Gasteiger partial charge in [0.15, 0.2) is 0 Å². The summed E-state index contributed by atoms with van der Waals surface area (Å²) < 4.78 is 7.32. The van der Waals surface area contributed by atoms with E-state index in [4.69, 9.17) is 4.74 Å². The fraction of sp³-hybridized carbons (Fsp3) is 0.667. The maximum Gasteiger partial charge on any atom is 0.251 e. The molecule has 1 amide bonds. The molecule has 0 N–H and O–H groups in total. The Hall–Kier alpha value is -1.29. The zero-order valence-corrected chi connectivity index (χ0v) is 12.1. The van der Waals surface area contributed by atoms with Gasteiger partial charge in [0.25, 0.3) is 5.91 Å². The van der Waals surface area contributed by atoms with Crippen molar-refractivity contribution in [3.63, 3.8) is 0 Å². The molecule has 1 saturated heterocycles. The molecule has 2 rings (SSSR count). The van der Waals surface area contributed by atoms with Crippen LogP contribution in [0.15, 0.2) is 18.3 Å². The van der Waals surface area contributed by atoms with Crippen LogP contribution in [0.4, 0.5) is 0 Å². The van der Waals surface area contributed by atoms with Crippen LogP contribution >= 0.6 is 0 Å². The Kier molecular flexibility index (Phi) is 4.64. The highest BCUT2D eigenvalue weighted by atomic mass is 16.5. The van der Waals surface area contributed by atoms with Gasteiger partial charge in [-0.15, -0.1) is 0 Å². The molecule has 1 fully saturated rings. The van der Waals surface area contributed by atoms with E-state index in [2.05, 4.69) is 10.6 Å². The Morgan fingerprint density at radius 1 is 1.42 bits per heavy atom. The van der Waals surface area contributed by atoms with E-state index in [1.165, 1.54) is 18.5 Å². The number of methoxy groups -OCH3 is 1. The zero-order chi connectivity index (χ0) is 13.8. The topological polar surface area (TPSA) is 34.5 Å². The van der Waals surface area contributed by atoms with Gasteiger partial charge in [-0.1, -0.05) is 12.8 Å². The van der Waals surface area contributed by atoms with Crippen LogP contribution in [0.5, 0.6) is 0 Å². The smallest absolute Gasteiger partial charge is 0.251 e. The average molecular weight is 264 g/mol. The van der Waals surface area contributed by atoms with Crippen LogP contribution in [-0.2, 0) is 16.6 Å². The third kappa shape index (κ3) is 3.00. The number of aryl methyl sites for hydroxylation is 1. The maximum absolute atomic E-state index is 12.5. The van der Waals surface area contributed by atoms with E-state index in [0.717, 1.165) is 19.4 Å². The minimum Gasteiger partial charge on any atom is -0.372 e. The number of aromatic nitrogens is 1. The van der Waals surface area contributed by atoms with Gasteiger partial charge in [-0.25, -0.2) is 0 Å². The third-order valence-corrected chi connectivity index (χ3v) is 4.06. The standard InChI is InChI=1S/C15H24N2O2/c1-12(19-3)15(18)17-11-6-4-5-8-14(17)13-9-7-10-16(13)2/h7,9-10,12,14H,4-6,8,11H2,1-3H3/t12-,14+/m1/s1. The lowest BCUT2D eigenvalue weighted by atomic mass is 10.1. The number of ether oxygens (including phenoxy) is 1. The van der Waals surface area contributed by atoms with Gasteiger partial charge < -0.3 is 14.2 Å². The van der Waals surface area contributed by atoms with E-state index in [9.17, 15) is 4.79 Å². The molecule has 2 heterocycles. The predicted molar refractivity (Wildman–Crippen MR) is 74.8 cm³/mol. The molecule has 0 radical (unpaired) electrons. The molecule has 0 spiro atoms. The number of amides is 1. The molecule has 1 aliphatic rings. The van der Waals surface area contributed by atoms with E-state index < -0.39 is 0 Å². The first-order valence-electron chi connectivity index (χ1n) is 7.09. The van der Waals surface area contributed by atoms with E-state index >= 15 is 0 Å². The SMILES string of the molecule is CO[C@H](C)C(=O)N1CCCCC[C@H]1c1cccn1C. The summed E-state index contributed by atoms with van der Waals surface area (Å²) in [6, 6.07) is 4.35. The average Bonchev–Trinajstić information content (AvgIpc) is 2.70. The van der Waals surface area contributed by atoms with Gasteiger partial charge in [-0.05, 0) is 31.9 Å². The minimum atomic E-state index is -0.360. The predicted octanol–water partition coefficient (Wildman–Crippen LogP) is 2.50. The van der Waals surface area contributed by atoms with Crippen molar-refractivity contribution >= 4 is 5.91 Å². The van der Waals surface area contributed by atoms with Crippen LogP contribution in [-0.4, -0.2) is 35.1 Å². The Morgan fingerprint density at radius 2 is 2.21 bits per heavy atom. The molecule has 0 aromatic carbocycles. The first-order chi connectivity index (χ1) is 9.15. The summed E-state index contributed by atoms with van der Waals surface area (Å²) in [4.78, 5) is 14.5. The second kappa shape index (κ2) is 6.24. The molecule has 4 nitrogen and oxygen atoms in total. The lowest BCUT2D eigenvalue weighted by molar-refractivity contribution is -0.143. The molecule has 2 atom stereocenters. The van der Waals surface area contributed by atoms with Crippen molar-refractivity contribution < 1.29 is 9.53 Å². The normalized spacial score (nSPS) is 22.1. The first kappa shape index (κ1) is 14.1. The minimum absolute atomic E-state index is 0.107. The molecular formula is C15H24N2O2. The van der Waals surface area contributed by atoms with Crippen LogP contribution in [0, 0.1) is 0 Å². The number of likely N-dealkylation sites (tertiary alicyclic amines) is 1. The van der Waals surface area contributed by atoms with E-state index in [0.29, 0.717) is 0 Å². The van der Waals surface area contributed by atoms with Gasteiger partial charge in [0, 0.05) is 32.6 Å². The molecular weight excluding hydrogens is 240 g/mol. The number of hydrogen-bond acceptors (Lipinski definition) is 2. The summed E-state index contributed by atoms with van der Waals surface area (Å²) in [6.07, 6.45) is 6.19. The van der Waals surface area contributed by atoms with Gasteiger partial charge in [0.1, 0.15) is 6.10 Å². The summed E-state index contributed by atoms with van der Waals surface area (Å²) in [7, 11) is 3.64. The molecule has 1 aromatic rings. The number of nitrogens with zero attached hydrogens (tertiary/aromatic N) is 2. The highest BCUT2D eigenvalue weighted by Gasteiger charge is 2.30. The molecule has 0 saturated carbocycles. The van der Waals surface area contributed by atoms with Gasteiger partial charge in [-0.3, -0.25) is 4.79 Å². The van der Waals surface area contributed by atoms with Crippen molar-refractivity contribution in [3.8, 4) is 0 Å². The van der Waals surface area contributed by atoms with Gasteiger partial charge >= 0.3 is 0 Å². The summed E-state index contributed by atoms with van der Waals surface area (Å²) in [5.74, 6) is 0.107. The van der Waals surface area contributed by atoms with Crippen molar-refractivity contribution in [3.05, 3.63) is 24.0 Å². The summed E-state index contributed by atoms with van der Waals surface area (Å²) >= 11 is 0. The maximum atomic E-state index is 12.5. The van der Waals surface area contributed by atoms with Gasteiger partial charge in [-0.2, -0.15) is 0 Å². The van der Waals surface area contributed by atoms with Crippen molar-refractivity contribution in [2.45, 2.75) is 44.8 Å². The van der Waals surface area contributed by atoms with Crippen LogP contribution in [0.2, 0.25) is 0 Å². The van der Waals surface area contributed by atoms with Crippen molar-refractivity contribution in [1.82, 2.24) is 9.47 Å². The van der Waals surface area contributed by atoms with Crippen LogP contribution in [0.25, 0.3) is 0 Å². The second-order valence-corrected chi connectivity index (χ2v) is 5.32. The highest BCUT2D eigenvalue weighted by molar-refractivity contribution is 5.81. The van der Waals surface area contributed by atoms with Gasteiger partial charge in [0.05, 0.1) is 6.04 Å². The fourth-order valence-corrected chi connectivity index (χ4v) is 2.83. The van der Waals surface area contributed by atoms with E-state index in [1.807, 2.05) is 31.1 Å². The van der Waals surface area contributed by atoms with Crippen molar-refractivity contribution in [2.75, 3.05) is 13.7 Å².